The van der Waals surface area contributed by atoms with Crippen molar-refractivity contribution in [3.05, 3.63) is 35.9 Å². The maximum Gasteiger partial charge on any atom is 0.317 e. The minimum absolute atomic E-state index is 0.000896. The maximum atomic E-state index is 13.2. The molecule has 1 heterocycles. The third-order valence-electron chi connectivity index (χ3n) is 5.90. The lowest BCUT2D eigenvalue weighted by molar-refractivity contribution is -0.137. The van der Waals surface area contributed by atoms with Crippen LogP contribution in [0.4, 0.5) is 4.79 Å². The van der Waals surface area contributed by atoms with Crippen molar-refractivity contribution in [2.45, 2.75) is 57.5 Å². The van der Waals surface area contributed by atoms with Crippen molar-refractivity contribution in [2.75, 3.05) is 26.2 Å². The van der Waals surface area contributed by atoms with E-state index in [0.717, 1.165) is 44.2 Å². The van der Waals surface area contributed by atoms with Gasteiger partial charge in [-0.2, -0.15) is 0 Å². The highest BCUT2D eigenvalue weighted by Gasteiger charge is 2.32. The van der Waals surface area contributed by atoms with E-state index in [1.165, 1.54) is 12.8 Å². The van der Waals surface area contributed by atoms with Gasteiger partial charge in [-0.1, -0.05) is 43.2 Å². The molecule has 0 spiro atoms. The summed E-state index contributed by atoms with van der Waals surface area (Å²) in [6.07, 6.45) is 7.06. The lowest BCUT2D eigenvalue weighted by Crippen LogP contribution is -2.51. The summed E-state index contributed by atoms with van der Waals surface area (Å²) in [5.74, 6) is 0.0280. The highest BCUT2D eigenvalue weighted by Crippen LogP contribution is 2.22. The van der Waals surface area contributed by atoms with Gasteiger partial charge in [0.15, 0.2) is 0 Å². The van der Waals surface area contributed by atoms with Gasteiger partial charge in [-0.3, -0.25) is 4.79 Å². The van der Waals surface area contributed by atoms with E-state index in [9.17, 15) is 9.59 Å². The summed E-state index contributed by atoms with van der Waals surface area (Å²) in [4.78, 5) is 29.6. The largest absolute Gasteiger partial charge is 0.338 e. The third-order valence-corrected chi connectivity index (χ3v) is 5.90. The number of rotatable bonds is 7. The highest BCUT2D eigenvalue weighted by molar-refractivity contribution is 5.81. The molecule has 1 aromatic rings. The second kappa shape index (κ2) is 10.5. The van der Waals surface area contributed by atoms with Crippen molar-refractivity contribution in [3.8, 4) is 0 Å². The van der Waals surface area contributed by atoms with E-state index in [-0.39, 0.29) is 17.9 Å². The smallest absolute Gasteiger partial charge is 0.317 e. The molecule has 6 nitrogen and oxygen atoms in total. The molecule has 1 aromatic carbocycles. The van der Waals surface area contributed by atoms with Crippen LogP contribution in [0.1, 0.15) is 50.5 Å². The third kappa shape index (κ3) is 5.71. The first kappa shape index (κ1) is 20.6. The Morgan fingerprint density at radius 3 is 2.57 bits per heavy atom. The summed E-state index contributed by atoms with van der Waals surface area (Å²) in [6, 6.07) is 10.4. The fourth-order valence-corrected chi connectivity index (χ4v) is 4.31. The molecule has 154 valence electrons. The summed E-state index contributed by atoms with van der Waals surface area (Å²) >= 11 is 0. The Balaban J connectivity index is 1.59. The number of nitrogens with two attached hydrogens (primary N) is 1. The van der Waals surface area contributed by atoms with Crippen LogP contribution in [0.15, 0.2) is 30.3 Å². The minimum Gasteiger partial charge on any atom is -0.338 e. The summed E-state index contributed by atoms with van der Waals surface area (Å²) in [5.41, 5.74) is 6.81. The topological polar surface area (TPSA) is 78.7 Å². The van der Waals surface area contributed by atoms with E-state index < -0.39 is 0 Å². The lowest BCUT2D eigenvalue weighted by Gasteiger charge is -2.35. The Hall–Kier alpha value is -2.08. The molecule has 0 aromatic heterocycles. The number of amides is 3. The molecule has 1 atom stereocenters. The van der Waals surface area contributed by atoms with E-state index in [0.29, 0.717) is 32.2 Å². The van der Waals surface area contributed by atoms with Gasteiger partial charge in [-0.15, -0.1) is 0 Å². The van der Waals surface area contributed by atoms with Crippen molar-refractivity contribution in [1.82, 2.24) is 15.1 Å². The lowest BCUT2D eigenvalue weighted by atomic mass is 9.96. The van der Waals surface area contributed by atoms with Crippen molar-refractivity contribution < 1.29 is 9.59 Å². The summed E-state index contributed by atoms with van der Waals surface area (Å²) in [7, 11) is 0. The van der Waals surface area contributed by atoms with Gasteiger partial charge in [-0.05, 0) is 44.2 Å². The normalized spacial score (nSPS) is 20.2. The van der Waals surface area contributed by atoms with Crippen LogP contribution >= 0.6 is 0 Å². The number of likely N-dealkylation sites (tertiary alicyclic amines) is 1. The van der Waals surface area contributed by atoms with Crippen molar-refractivity contribution >= 4 is 11.9 Å². The zero-order valence-corrected chi connectivity index (χ0v) is 16.8. The Morgan fingerprint density at radius 2 is 1.86 bits per heavy atom. The molecule has 2 aliphatic rings. The molecule has 0 radical (unpaired) electrons. The van der Waals surface area contributed by atoms with E-state index in [4.69, 9.17) is 5.73 Å². The average Bonchev–Trinajstić information content (AvgIpc) is 3.24. The first-order valence-corrected chi connectivity index (χ1v) is 10.8. The van der Waals surface area contributed by atoms with Gasteiger partial charge < -0.3 is 20.9 Å². The molecular weight excluding hydrogens is 352 g/mol. The predicted octanol–water partition coefficient (Wildman–Crippen LogP) is 2.73. The van der Waals surface area contributed by atoms with Crippen LogP contribution in [0.25, 0.3) is 0 Å². The summed E-state index contributed by atoms with van der Waals surface area (Å²) < 4.78 is 0. The van der Waals surface area contributed by atoms with Crippen LogP contribution in [0.5, 0.6) is 0 Å². The molecule has 1 aliphatic heterocycles. The van der Waals surface area contributed by atoms with Crippen molar-refractivity contribution in [3.63, 3.8) is 0 Å². The van der Waals surface area contributed by atoms with E-state index in [1.54, 1.807) is 0 Å². The van der Waals surface area contributed by atoms with Gasteiger partial charge in [0.2, 0.25) is 5.91 Å². The van der Waals surface area contributed by atoms with Crippen LogP contribution in [0, 0.1) is 5.92 Å². The zero-order valence-electron chi connectivity index (χ0n) is 16.8. The van der Waals surface area contributed by atoms with Crippen LogP contribution in [0.3, 0.4) is 0 Å². The van der Waals surface area contributed by atoms with Gasteiger partial charge in [0.1, 0.15) is 0 Å². The Bertz CT molecular complexity index is 631. The van der Waals surface area contributed by atoms with Gasteiger partial charge in [0, 0.05) is 32.2 Å². The van der Waals surface area contributed by atoms with Crippen molar-refractivity contribution in [1.29, 1.82) is 0 Å². The number of hydrogen-bond donors (Lipinski definition) is 2. The van der Waals surface area contributed by atoms with E-state index in [2.05, 4.69) is 5.32 Å². The molecule has 28 heavy (non-hydrogen) atoms. The molecular formula is C22H34N4O2. The SMILES string of the molecule is NCCCN(Cc1ccccc1)C(=O)C1CCCN(C(=O)NC2CCCC2)C1. The molecule has 1 aliphatic carbocycles. The Kier molecular flexibility index (Phi) is 7.71. The quantitative estimate of drug-likeness (QED) is 0.756. The predicted molar refractivity (Wildman–Crippen MR) is 111 cm³/mol. The first-order valence-electron chi connectivity index (χ1n) is 10.8. The summed E-state index contributed by atoms with van der Waals surface area (Å²) in [5, 5.41) is 3.16. The molecule has 1 unspecified atom stereocenters. The van der Waals surface area contributed by atoms with Gasteiger partial charge in [0.05, 0.1) is 5.92 Å². The molecule has 1 saturated carbocycles. The van der Waals surface area contributed by atoms with Crippen LogP contribution in [-0.4, -0.2) is 54.0 Å². The van der Waals surface area contributed by atoms with Gasteiger partial charge in [-0.25, -0.2) is 4.79 Å². The molecule has 3 rings (SSSR count). The van der Waals surface area contributed by atoms with Crippen LogP contribution in [0.2, 0.25) is 0 Å². The standard InChI is InChI=1S/C22H34N4O2/c23-13-7-15-25(16-18-8-2-1-3-9-18)21(27)19-10-6-14-26(17-19)22(28)24-20-11-4-5-12-20/h1-3,8-9,19-20H,4-7,10-17,23H2,(H,24,28). The Morgan fingerprint density at radius 1 is 1.11 bits per heavy atom. The van der Waals surface area contributed by atoms with Crippen molar-refractivity contribution in [2.24, 2.45) is 11.7 Å². The number of carbonyl (C=O) groups is 2. The molecule has 6 heteroatoms. The number of carbonyl (C=O) groups excluding carboxylic acids is 2. The number of urea groups is 1. The number of benzene rings is 1. The first-order chi connectivity index (χ1) is 13.7. The Labute approximate surface area is 168 Å². The molecule has 1 saturated heterocycles. The summed E-state index contributed by atoms with van der Waals surface area (Å²) in [6.45, 7) is 3.09. The average molecular weight is 387 g/mol. The van der Waals surface area contributed by atoms with Gasteiger partial charge in [0.25, 0.3) is 0 Å². The number of nitrogens with one attached hydrogen (secondary N) is 1. The second-order valence-corrected chi connectivity index (χ2v) is 8.10. The monoisotopic (exact) mass is 386 g/mol. The molecule has 0 bridgehead atoms. The second-order valence-electron chi connectivity index (χ2n) is 8.10. The fourth-order valence-electron chi connectivity index (χ4n) is 4.31. The molecule has 3 amide bonds. The number of nitrogens with zero attached hydrogens (tertiary/aromatic N) is 2. The number of hydrogen-bond acceptors (Lipinski definition) is 3. The number of piperidine rings is 1. The maximum absolute atomic E-state index is 13.2. The van der Waals surface area contributed by atoms with Crippen LogP contribution < -0.4 is 11.1 Å². The van der Waals surface area contributed by atoms with Crippen LogP contribution in [-0.2, 0) is 11.3 Å². The molecule has 3 N–H and O–H groups in total. The highest BCUT2D eigenvalue weighted by atomic mass is 16.2. The van der Waals surface area contributed by atoms with E-state index >= 15 is 0 Å². The minimum atomic E-state index is -0.121. The van der Waals surface area contributed by atoms with Gasteiger partial charge >= 0.3 is 6.03 Å². The molecule has 2 fully saturated rings. The fraction of sp³-hybridized carbons (Fsp3) is 0.636. The zero-order chi connectivity index (χ0) is 19.8. The van der Waals surface area contributed by atoms with E-state index in [1.807, 2.05) is 40.1 Å².